The van der Waals surface area contributed by atoms with Crippen molar-refractivity contribution in [2.75, 3.05) is 0 Å². The zero-order valence-corrected chi connectivity index (χ0v) is 14.6. The van der Waals surface area contributed by atoms with Crippen molar-refractivity contribution in [2.45, 2.75) is 19.3 Å². The predicted octanol–water partition coefficient (Wildman–Crippen LogP) is 4.16. The number of H-pyrrole nitrogens is 1. The Morgan fingerprint density at radius 1 is 1.16 bits per heavy atom. The molecule has 0 spiro atoms. The first-order chi connectivity index (χ1) is 12.0. The smallest absolute Gasteiger partial charge is 0.311 e. The zero-order valence-electron chi connectivity index (χ0n) is 13.1. The summed E-state index contributed by atoms with van der Waals surface area (Å²) in [6.07, 6.45) is 1.13. The molecule has 0 saturated carbocycles. The highest BCUT2D eigenvalue weighted by molar-refractivity contribution is 6.35. The highest BCUT2D eigenvalue weighted by atomic mass is 35.5. The molecular formula is C18H14Cl2N2O3. The van der Waals surface area contributed by atoms with Gasteiger partial charge in [0.2, 0.25) is 0 Å². The van der Waals surface area contributed by atoms with Crippen LogP contribution in [0.1, 0.15) is 18.7 Å². The van der Waals surface area contributed by atoms with Crippen molar-refractivity contribution in [2.24, 2.45) is 0 Å². The van der Waals surface area contributed by atoms with Crippen LogP contribution >= 0.6 is 23.2 Å². The Hall–Kier alpha value is -2.37. The second-order valence-electron chi connectivity index (χ2n) is 5.43. The van der Waals surface area contributed by atoms with Gasteiger partial charge in [0.05, 0.1) is 15.9 Å². The highest BCUT2D eigenvalue weighted by Crippen LogP contribution is 2.27. The molecule has 0 aliphatic carbocycles. The first kappa shape index (κ1) is 17.5. The monoisotopic (exact) mass is 376 g/mol. The first-order valence-corrected chi connectivity index (χ1v) is 8.42. The van der Waals surface area contributed by atoms with Crippen LogP contribution in [-0.2, 0) is 11.2 Å². The first-order valence-electron chi connectivity index (χ1n) is 7.66. The molecule has 128 valence electrons. The molecule has 0 amide bonds. The number of esters is 1. The fraction of sp³-hybridized carbons (Fsp3) is 0.167. The number of carbonyl (C=O) groups excluding carboxylic acids is 1. The topological polar surface area (TPSA) is 72.0 Å². The van der Waals surface area contributed by atoms with E-state index in [2.05, 4.69) is 9.97 Å². The normalized spacial score (nSPS) is 10.8. The number of rotatable bonds is 5. The van der Waals surface area contributed by atoms with Crippen molar-refractivity contribution >= 4 is 40.1 Å². The van der Waals surface area contributed by atoms with Crippen LogP contribution in [-0.4, -0.2) is 15.9 Å². The standard InChI is InChI=1S/C18H14Cl2N2O3/c19-11-8-9-15(13(20)10-11)25-17(23)7-3-6-16-21-14-5-2-1-4-12(14)18(24)22-16/h1-2,4-5,8-10H,3,6-7H2,(H,21,22,24). The number of aromatic nitrogens is 2. The van der Waals surface area contributed by atoms with E-state index in [1.807, 2.05) is 6.07 Å². The Labute approximate surface area is 153 Å². The van der Waals surface area contributed by atoms with E-state index >= 15 is 0 Å². The van der Waals surface area contributed by atoms with Gasteiger partial charge in [-0.2, -0.15) is 0 Å². The van der Waals surface area contributed by atoms with Crippen LogP contribution in [0, 0.1) is 0 Å². The van der Waals surface area contributed by atoms with E-state index in [4.69, 9.17) is 27.9 Å². The molecule has 0 saturated heterocycles. The van der Waals surface area contributed by atoms with E-state index in [0.29, 0.717) is 34.6 Å². The number of nitrogens with one attached hydrogen (secondary N) is 1. The molecule has 7 heteroatoms. The number of aromatic amines is 1. The van der Waals surface area contributed by atoms with Gasteiger partial charge in [-0.25, -0.2) is 4.98 Å². The van der Waals surface area contributed by atoms with Gasteiger partial charge in [0.25, 0.3) is 5.56 Å². The summed E-state index contributed by atoms with van der Waals surface area (Å²) in [6, 6.07) is 11.8. The Bertz CT molecular complexity index is 985. The Morgan fingerprint density at radius 3 is 2.76 bits per heavy atom. The van der Waals surface area contributed by atoms with Gasteiger partial charge in [0.1, 0.15) is 11.6 Å². The summed E-state index contributed by atoms with van der Waals surface area (Å²) in [5.41, 5.74) is 0.452. The fourth-order valence-corrected chi connectivity index (χ4v) is 2.83. The number of benzene rings is 2. The average Bonchev–Trinajstić information content (AvgIpc) is 2.57. The summed E-state index contributed by atoms with van der Waals surface area (Å²) < 4.78 is 5.21. The van der Waals surface area contributed by atoms with E-state index in [9.17, 15) is 9.59 Å². The van der Waals surface area contributed by atoms with E-state index in [1.54, 1.807) is 30.3 Å². The van der Waals surface area contributed by atoms with Gasteiger partial charge in [-0.15, -0.1) is 0 Å². The molecule has 5 nitrogen and oxygen atoms in total. The molecule has 3 aromatic rings. The highest BCUT2D eigenvalue weighted by Gasteiger charge is 2.10. The maximum absolute atomic E-state index is 12.0. The summed E-state index contributed by atoms with van der Waals surface area (Å²) in [6.45, 7) is 0. The van der Waals surface area contributed by atoms with E-state index < -0.39 is 5.97 Å². The number of para-hydroxylation sites is 1. The summed E-state index contributed by atoms with van der Waals surface area (Å²) in [5.74, 6) is 0.404. The minimum absolute atomic E-state index is 0.176. The molecule has 1 aromatic heterocycles. The summed E-state index contributed by atoms with van der Waals surface area (Å²) in [4.78, 5) is 31.0. The molecule has 3 rings (SSSR count). The van der Waals surface area contributed by atoms with Gasteiger partial charge in [0, 0.05) is 17.9 Å². The number of aryl methyl sites for hydroxylation is 1. The average molecular weight is 377 g/mol. The molecule has 0 radical (unpaired) electrons. The van der Waals surface area contributed by atoms with Crippen molar-refractivity contribution in [1.82, 2.24) is 9.97 Å². The second kappa shape index (κ2) is 7.68. The summed E-state index contributed by atoms with van der Waals surface area (Å²) in [7, 11) is 0. The summed E-state index contributed by atoms with van der Waals surface area (Å²) in [5, 5.41) is 1.29. The minimum Gasteiger partial charge on any atom is -0.425 e. The number of halogens is 2. The number of fused-ring (bicyclic) bond motifs is 1. The van der Waals surface area contributed by atoms with Crippen LogP contribution in [0.3, 0.4) is 0 Å². The van der Waals surface area contributed by atoms with Crippen LogP contribution in [0.15, 0.2) is 47.3 Å². The molecule has 0 aliphatic heterocycles. The Kier molecular flexibility index (Phi) is 5.36. The second-order valence-corrected chi connectivity index (χ2v) is 6.28. The molecule has 0 unspecified atom stereocenters. The quantitative estimate of drug-likeness (QED) is 0.535. The molecular weight excluding hydrogens is 363 g/mol. The molecule has 1 heterocycles. The fourth-order valence-electron chi connectivity index (χ4n) is 2.39. The maximum Gasteiger partial charge on any atom is 0.311 e. The molecule has 0 atom stereocenters. The van der Waals surface area contributed by atoms with Crippen LogP contribution in [0.2, 0.25) is 10.0 Å². The van der Waals surface area contributed by atoms with Gasteiger partial charge in [-0.3, -0.25) is 9.59 Å². The third kappa shape index (κ3) is 4.38. The SMILES string of the molecule is O=C(CCCc1nc2ccccc2c(=O)[nH]1)Oc1ccc(Cl)cc1Cl. The van der Waals surface area contributed by atoms with Crippen LogP contribution < -0.4 is 10.3 Å². The van der Waals surface area contributed by atoms with Crippen molar-refractivity contribution in [3.8, 4) is 5.75 Å². The predicted molar refractivity (Wildman–Crippen MR) is 97.4 cm³/mol. The van der Waals surface area contributed by atoms with Gasteiger partial charge in [-0.05, 0) is 36.8 Å². The third-order valence-electron chi connectivity index (χ3n) is 3.57. The minimum atomic E-state index is -0.410. The Balaban J connectivity index is 1.59. The van der Waals surface area contributed by atoms with Crippen LogP contribution in [0.25, 0.3) is 10.9 Å². The molecule has 0 fully saturated rings. The van der Waals surface area contributed by atoms with E-state index in [1.165, 1.54) is 6.07 Å². The lowest BCUT2D eigenvalue weighted by atomic mass is 10.2. The zero-order chi connectivity index (χ0) is 17.8. The van der Waals surface area contributed by atoms with Gasteiger partial charge < -0.3 is 9.72 Å². The summed E-state index contributed by atoms with van der Waals surface area (Å²) >= 11 is 11.8. The van der Waals surface area contributed by atoms with Crippen molar-refractivity contribution in [3.63, 3.8) is 0 Å². The molecule has 25 heavy (non-hydrogen) atoms. The van der Waals surface area contributed by atoms with Crippen molar-refractivity contribution in [3.05, 3.63) is 68.7 Å². The maximum atomic E-state index is 12.0. The number of nitrogens with zero attached hydrogens (tertiary/aromatic N) is 1. The van der Waals surface area contributed by atoms with Gasteiger partial charge in [-0.1, -0.05) is 35.3 Å². The van der Waals surface area contributed by atoms with Crippen LogP contribution in [0.4, 0.5) is 0 Å². The number of ether oxygens (including phenoxy) is 1. The number of carbonyl (C=O) groups is 1. The molecule has 0 bridgehead atoms. The number of hydrogen-bond donors (Lipinski definition) is 1. The Morgan fingerprint density at radius 2 is 1.96 bits per heavy atom. The van der Waals surface area contributed by atoms with E-state index in [-0.39, 0.29) is 22.8 Å². The lowest BCUT2D eigenvalue weighted by molar-refractivity contribution is -0.134. The van der Waals surface area contributed by atoms with Gasteiger partial charge >= 0.3 is 5.97 Å². The number of hydrogen-bond acceptors (Lipinski definition) is 4. The van der Waals surface area contributed by atoms with Crippen LogP contribution in [0.5, 0.6) is 5.75 Å². The van der Waals surface area contributed by atoms with Crippen molar-refractivity contribution < 1.29 is 9.53 Å². The lowest BCUT2D eigenvalue weighted by Crippen LogP contribution is -2.13. The third-order valence-corrected chi connectivity index (χ3v) is 4.10. The largest absolute Gasteiger partial charge is 0.425 e. The van der Waals surface area contributed by atoms with Crippen molar-refractivity contribution in [1.29, 1.82) is 0 Å². The molecule has 0 aliphatic rings. The molecule has 2 aromatic carbocycles. The lowest BCUT2D eigenvalue weighted by Gasteiger charge is -2.06. The molecule has 1 N–H and O–H groups in total. The van der Waals surface area contributed by atoms with E-state index in [0.717, 1.165) is 0 Å². The van der Waals surface area contributed by atoms with Gasteiger partial charge in [0.15, 0.2) is 0 Å².